The molecule has 1 aromatic carbocycles. The number of benzene rings is 1. The van der Waals surface area contributed by atoms with Crippen LogP contribution < -0.4 is 9.47 Å². The van der Waals surface area contributed by atoms with Gasteiger partial charge >= 0.3 is 5.97 Å². The molecule has 0 saturated carbocycles. The monoisotopic (exact) mass is 577 g/mol. The Morgan fingerprint density at radius 3 is 2.31 bits per heavy atom. The van der Waals surface area contributed by atoms with E-state index in [0.717, 1.165) is 69.1 Å². The van der Waals surface area contributed by atoms with Gasteiger partial charge in [-0.2, -0.15) is 0 Å². The number of thiocarbonyl (C=S) groups is 1. The number of thioether (sulfide) groups is 1. The van der Waals surface area contributed by atoms with Gasteiger partial charge in [0.05, 0.1) is 18.1 Å². The summed E-state index contributed by atoms with van der Waals surface area (Å²) >= 11 is 6.86. The van der Waals surface area contributed by atoms with E-state index in [4.69, 9.17) is 26.8 Å². The van der Waals surface area contributed by atoms with Gasteiger partial charge in [0.1, 0.15) is 4.32 Å². The Morgan fingerprint density at radius 1 is 1.00 bits per heavy atom. The van der Waals surface area contributed by atoms with Gasteiger partial charge in [-0.25, -0.2) is 0 Å². The van der Waals surface area contributed by atoms with E-state index in [1.165, 1.54) is 43.9 Å². The predicted octanol–water partition coefficient (Wildman–Crippen LogP) is 8.62. The average molecular weight is 578 g/mol. The fourth-order valence-electron chi connectivity index (χ4n) is 4.63. The highest BCUT2D eigenvalue weighted by Crippen LogP contribution is 2.35. The first-order chi connectivity index (χ1) is 18.8. The molecular formula is C31H47NO5S2. The molecule has 2 rings (SSSR count). The van der Waals surface area contributed by atoms with E-state index >= 15 is 0 Å². The lowest BCUT2D eigenvalue weighted by Crippen LogP contribution is -2.29. The molecule has 1 heterocycles. The maximum Gasteiger partial charge on any atom is 0.303 e. The second-order valence-corrected chi connectivity index (χ2v) is 12.0. The van der Waals surface area contributed by atoms with Crippen LogP contribution in [0, 0.1) is 0 Å². The summed E-state index contributed by atoms with van der Waals surface area (Å²) in [6.07, 6.45) is 17.7. The van der Waals surface area contributed by atoms with Gasteiger partial charge in [0.2, 0.25) is 0 Å². The van der Waals surface area contributed by atoms with E-state index in [1.54, 1.807) is 12.0 Å². The zero-order valence-corrected chi connectivity index (χ0v) is 25.7. The van der Waals surface area contributed by atoms with E-state index in [-0.39, 0.29) is 18.4 Å². The molecule has 0 aromatic heterocycles. The smallest absolute Gasteiger partial charge is 0.303 e. The maximum atomic E-state index is 13.0. The second-order valence-electron chi connectivity index (χ2n) is 10.3. The van der Waals surface area contributed by atoms with Crippen LogP contribution in [-0.4, -0.2) is 46.0 Å². The Bertz CT molecular complexity index is 949. The van der Waals surface area contributed by atoms with Gasteiger partial charge in [-0.15, -0.1) is 0 Å². The number of hydrogen-bond acceptors (Lipinski definition) is 6. The Hall–Kier alpha value is -2.06. The third-order valence-corrected chi connectivity index (χ3v) is 8.30. The minimum atomic E-state index is -0.712. The van der Waals surface area contributed by atoms with Crippen molar-refractivity contribution in [2.24, 2.45) is 0 Å². The van der Waals surface area contributed by atoms with Gasteiger partial charge in [-0.05, 0) is 56.4 Å². The van der Waals surface area contributed by atoms with E-state index in [0.29, 0.717) is 21.5 Å². The number of nitrogens with zero attached hydrogens (tertiary/aromatic N) is 1. The first-order valence-electron chi connectivity index (χ1n) is 14.7. The normalized spacial score (nSPS) is 15.3. The summed E-state index contributed by atoms with van der Waals surface area (Å²) in [5, 5.41) is 8.68. The molecule has 1 aliphatic rings. The Labute approximate surface area is 244 Å². The van der Waals surface area contributed by atoms with Crippen molar-refractivity contribution in [1.82, 2.24) is 4.90 Å². The summed E-state index contributed by atoms with van der Waals surface area (Å²) in [7, 11) is 1.64. The van der Waals surface area contributed by atoms with Crippen LogP contribution in [0.3, 0.4) is 0 Å². The van der Waals surface area contributed by atoms with Crippen molar-refractivity contribution in [2.45, 2.75) is 116 Å². The number of carbonyl (C=O) groups excluding carboxylic acids is 1. The van der Waals surface area contributed by atoms with Crippen LogP contribution in [0.4, 0.5) is 0 Å². The van der Waals surface area contributed by atoms with Gasteiger partial charge < -0.3 is 14.6 Å². The molecule has 1 N–H and O–H groups in total. The van der Waals surface area contributed by atoms with Gasteiger partial charge in [-0.1, -0.05) is 101 Å². The number of aliphatic carboxylic acids is 1. The molecule has 0 spiro atoms. The van der Waals surface area contributed by atoms with Crippen LogP contribution >= 0.6 is 24.0 Å². The Morgan fingerprint density at radius 2 is 1.64 bits per heavy atom. The SMILES string of the molecule is CCCCCCC[C@@H](C)Oc1ccc(/C=C2/SC(=S)N(CCCCCCCCCCC(=O)O)C2=O)cc1OC. The summed E-state index contributed by atoms with van der Waals surface area (Å²) in [5.41, 5.74) is 0.885. The van der Waals surface area contributed by atoms with Gasteiger partial charge in [0.25, 0.3) is 5.91 Å². The number of rotatable bonds is 21. The number of carbonyl (C=O) groups is 2. The van der Waals surface area contributed by atoms with Crippen molar-refractivity contribution in [3.63, 3.8) is 0 Å². The first kappa shape index (κ1) is 33.1. The number of carboxylic acids is 1. The number of amides is 1. The minimum absolute atomic E-state index is 0.0283. The second kappa shape index (κ2) is 19.1. The molecule has 218 valence electrons. The fraction of sp³-hybridized carbons (Fsp3) is 0.645. The molecule has 0 radical (unpaired) electrons. The van der Waals surface area contributed by atoms with E-state index in [1.807, 2.05) is 24.3 Å². The Kier molecular flexibility index (Phi) is 16.2. The average Bonchev–Trinajstić information content (AvgIpc) is 3.17. The van der Waals surface area contributed by atoms with Crippen LogP contribution in [-0.2, 0) is 9.59 Å². The molecule has 0 bridgehead atoms. The number of carboxylic acid groups (broad SMARTS) is 1. The molecule has 1 aromatic rings. The van der Waals surface area contributed by atoms with E-state index in [9.17, 15) is 9.59 Å². The molecule has 1 aliphatic heterocycles. The van der Waals surface area contributed by atoms with Crippen molar-refractivity contribution in [1.29, 1.82) is 0 Å². The molecule has 0 unspecified atom stereocenters. The molecular weight excluding hydrogens is 530 g/mol. The Balaban J connectivity index is 1.78. The molecule has 1 atom stereocenters. The summed E-state index contributed by atoms with van der Waals surface area (Å²) < 4.78 is 12.4. The molecule has 6 nitrogen and oxygen atoms in total. The van der Waals surface area contributed by atoms with Gasteiger partial charge in [-0.3, -0.25) is 14.5 Å². The van der Waals surface area contributed by atoms with Crippen molar-refractivity contribution < 1.29 is 24.2 Å². The largest absolute Gasteiger partial charge is 0.493 e. The highest BCUT2D eigenvalue weighted by Gasteiger charge is 2.31. The van der Waals surface area contributed by atoms with Crippen molar-refractivity contribution in [2.75, 3.05) is 13.7 Å². The molecule has 1 fully saturated rings. The number of ether oxygens (including phenoxy) is 2. The number of hydrogen-bond donors (Lipinski definition) is 1. The lowest BCUT2D eigenvalue weighted by Gasteiger charge is -2.17. The zero-order valence-electron chi connectivity index (χ0n) is 24.0. The molecule has 8 heteroatoms. The molecule has 0 aliphatic carbocycles. The first-order valence-corrected chi connectivity index (χ1v) is 15.9. The quantitative estimate of drug-likeness (QED) is 0.0890. The number of unbranched alkanes of at least 4 members (excludes halogenated alkanes) is 11. The van der Waals surface area contributed by atoms with Crippen LogP contribution in [0.5, 0.6) is 11.5 Å². The molecule has 39 heavy (non-hydrogen) atoms. The lowest BCUT2D eigenvalue weighted by atomic mass is 10.1. The van der Waals surface area contributed by atoms with Crippen LogP contribution in [0.1, 0.15) is 116 Å². The molecule has 1 saturated heterocycles. The third-order valence-electron chi connectivity index (χ3n) is 6.92. The summed E-state index contributed by atoms with van der Waals surface area (Å²) in [6.45, 7) is 4.97. The fourth-order valence-corrected chi connectivity index (χ4v) is 5.94. The summed E-state index contributed by atoms with van der Waals surface area (Å²) in [4.78, 5) is 25.9. The zero-order chi connectivity index (χ0) is 28.5. The highest BCUT2D eigenvalue weighted by molar-refractivity contribution is 8.26. The maximum absolute atomic E-state index is 13.0. The van der Waals surface area contributed by atoms with Gasteiger partial charge in [0, 0.05) is 13.0 Å². The van der Waals surface area contributed by atoms with Crippen molar-refractivity contribution in [3.8, 4) is 11.5 Å². The predicted molar refractivity (Wildman–Crippen MR) is 166 cm³/mol. The topological polar surface area (TPSA) is 76.1 Å². The third kappa shape index (κ3) is 12.8. The van der Waals surface area contributed by atoms with Crippen LogP contribution in [0.2, 0.25) is 0 Å². The van der Waals surface area contributed by atoms with Crippen LogP contribution in [0.15, 0.2) is 23.1 Å². The van der Waals surface area contributed by atoms with Crippen LogP contribution in [0.25, 0.3) is 6.08 Å². The van der Waals surface area contributed by atoms with Crippen molar-refractivity contribution in [3.05, 3.63) is 28.7 Å². The van der Waals surface area contributed by atoms with E-state index in [2.05, 4.69) is 13.8 Å². The number of methoxy groups -OCH3 is 1. The van der Waals surface area contributed by atoms with E-state index < -0.39 is 5.97 Å². The summed E-state index contributed by atoms with van der Waals surface area (Å²) in [5.74, 6) is 0.651. The van der Waals surface area contributed by atoms with Gasteiger partial charge in [0.15, 0.2) is 11.5 Å². The highest BCUT2D eigenvalue weighted by atomic mass is 32.2. The lowest BCUT2D eigenvalue weighted by molar-refractivity contribution is -0.137. The summed E-state index contributed by atoms with van der Waals surface area (Å²) in [6, 6.07) is 5.79. The van der Waals surface area contributed by atoms with Crippen molar-refractivity contribution >= 4 is 46.3 Å². The molecule has 1 amide bonds. The standard InChI is InChI=1S/C31H47NO5S2/c1-4-5-6-11-14-17-24(2)37-26-20-19-25(22-27(26)36-3)23-28-30(35)32(31(38)39-28)21-16-13-10-8-7-9-12-15-18-29(33)34/h19-20,22-24H,4-18,21H2,1-3H3,(H,33,34)/b28-23+/t24-/m1/s1. The minimum Gasteiger partial charge on any atom is -0.493 e.